The molecular weight excluding hydrogens is 352 g/mol. The van der Waals surface area contributed by atoms with Gasteiger partial charge >= 0.3 is 0 Å². The highest BCUT2D eigenvalue weighted by molar-refractivity contribution is 7.00. The molecular formula is C16H14N8OS. The third-order valence-electron chi connectivity index (χ3n) is 4.20. The van der Waals surface area contributed by atoms with Crippen LogP contribution in [0.5, 0.6) is 0 Å². The van der Waals surface area contributed by atoms with Crippen LogP contribution < -0.4 is 10.2 Å². The molecule has 0 aliphatic carbocycles. The molecule has 0 saturated carbocycles. The van der Waals surface area contributed by atoms with Gasteiger partial charge in [-0.2, -0.15) is 8.75 Å². The minimum atomic E-state index is 0.618. The predicted octanol–water partition coefficient (Wildman–Crippen LogP) is 2.00. The van der Waals surface area contributed by atoms with Crippen LogP contribution in [-0.4, -0.2) is 55.0 Å². The fraction of sp³-hybridized carbons (Fsp3) is 0.250. The van der Waals surface area contributed by atoms with E-state index in [1.807, 2.05) is 18.2 Å². The van der Waals surface area contributed by atoms with Crippen molar-refractivity contribution in [1.82, 2.24) is 28.7 Å². The van der Waals surface area contributed by atoms with E-state index in [9.17, 15) is 0 Å². The lowest BCUT2D eigenvalue weighted by molar-refractivity contribution is 0.122. The number of nitrogens with one attached hydrogen (secondary N) is 1. The highest BCUT2D eigenvalue weighted by Crippen LogP contribution is 2.27. The van der Waals surface area contributed by atoms with Gasteiger partial charge in [-0.05, 0) is 12.1 Å². The third-order valence-corrected chi connectivity index (χ3v) is 4.74. The standard InChI is InChI=1S/C16H14N8OS/c1-2-10(13-11(3-1)22-26-23-13)20-15-14-12(18-9-19-15)8-17-16(21-14)24-4-6-25-7-5-24/h1-3,8-9H,4-7H2,(H,18,19,20). The topological polar surface area (TPSA) is 102 Å². The van der Waals surface area contributed by atoms with Gasteiger partial charge in [-0.25, -0.2) is 19.9 Å². The number of morpholine rings is 1. The number of ether oxygens (including phenoxy) is 1. The molecule has 1 aromatic carbocycles. The molecule has 5 rings (SSSR count). The number of fused-ring (bicyclic) bond motifs is 2. The lowest BCUT2D eigenvalue weighted by atomic mass is 10.2. The van der Waals surface area contributed by atoms with E-state index in [4.69, 9.17) is 9.72 Å². The summed E-state index contributed by atoms with van der Waals surface area (Å²) in [5.74, 6) is 1.28. The molecule has 0 bridgehead atoms. The normalized spacial score (nSPS) is 14.8. The zero-order valence-corrected chi connectivity index (χ0v) is 14.5. The number of hydrogen-bond donors (Lipinski definition) is 1. The molecule has 4 aromatic rings. The van der Waals surface area contributed by atoms with Crippen LogP contribution in [0.15, 0.2) is 30.7 Å². The predicted molar refractivity (Wildman–Crippen MR) is 98.9 cm³/mol. The zero-order valence-electron chi connectivity index (χ0n) is 13.7. The van der Waals surface area contributed by atoms with Gasteiger partial charge in [0.05, 0.1) is 36.8 Å². The van der Waals surface area contributed by atoms with Crippen LogP contribution in [0.3, 0.4) is 0 Å². The van der Waals surface area contributed by atoms with Crippen LogP contribution in [0, 0.1) is 0 Å². The molecule has 1 fully saturated rings. The Labute approximate surface area is 152 Å². The van der Waals surface area contributed by atoms with Crippen LogP contribution in [0.25, 0.3) is 22.1 Å². The molecule has 9 nitrogen and oxygen atoms in total. The van der Waals surface area contributed by atoms with E-state index in [0.717, 1.165) is 29.8 Å². The molecule has 26 heavy (non-hydrogen) atoms. The Morgan fingerprint density at radius 3 is 2.85 bits per heavy atom. The van der Waals surface area contributed by atoms with E-state index < -0.39 is 0 Å². The minimum Gasteiger partial charge on any atom is -0.378 e. The number of aromatic nitrogens is 6. The average molecular weight is 366 g/mol. The van der Waals surface area contributed by atoms with Crippen LogP contribution in [0.2, 0.25) is 0 Å². The Bertz CT molecular complexity index is 1080. The molecule has 0 amide bonds. The molecule has 10 heteroatoms. The van der Waals surface area contributed by atoms with Crippen molar-refractivity contribution in [3.05, 3.63) is 30.7 Å². The molecule has 0 spiro atoms. The molecule has 1 saturated heterocycles. The van der Waals surface area contributed by atoms with Crippen LogP contribution in [-0.2, 0) is 4.74 Å². The second-order valence-electron chi connectivity index (χ2n) is 5.79. The molecule has 1 aliphatic rings. The Morgan fingerprint density at radius 2 is 1.92 bits per heavy atom. The smallest absolute Gasteiger partial charge is 0.226 e. The molecule has 130 valence electrons. The fourth-order valence-corrected chi connectivity index (χ4v) is 3.44. The molecule has 0 radical (unpaired) electrons. The van der Waals surface area contributed by atoms with Gasteiger partial charge in [0.25, 0.3) is 0 Å². The minimum absolute atomic E-state index is 0.618. The van der Waals surface area contributed by atoms with Crippen molar-refractivity contribution in [3.63, 3.8) is 0 Å². The van der Waals surface area contributed by atoms with Gasteiger partial charge in [-0.1, -0.05) is 6.07 Å². The summed E-state index contributed by atoms with van der Waals surface area (Å²) in [5.41, 5.74) is 3.85. The van der Waals surface area contributed by atoms with Gasteiger partial charge in [0.15, 0.2) is 5.82 Å². The van der Waals surface area contributed by atoms with Gasteiger partial charge in [-0.15, -0.1) is 0 Å². The zero-order chi connectivity index (χ0) is 17.3. The average Bonchev–Trinajstić information content (AvgIpc) is 3.18. The van der Waals surface area contributed by atoms with Gasteiger partial charge < -0.3 is 15.0 Å². The first-order chi connectivity index (χ1) is 12.9. The van der Waals surface area contributed by atoms with Crippen molar-refractivity contribution in [3.8, 4) is 0 Å². The first kappa shape index (κ1) is 15.3. The number of benzene rings is 1. The van der Waals surface area contributed by atoms with E-state index in [-0.39, 0.29) is 0 Å². The molecule has 3 aromatic heterocycles. The third kappa shape index (κ3) is 2.68. The van der Waals surface area contributed by atoms with E-state index in [0.29, 0.717) is 36.0 Å². The Kier molecular flexibility index (Phi) is 3.76. The maximum Gasteiger partial charge on any atom is 0.226 e. The lowest BCUT2D eigenvalue weighted by Gasteiger charge is -2.26. The van der Waals surface area contributed by atoms with Crippen LogP contribution in [0.4, 0.5) is 17.5 Å². The second-order valence-corrected chi connectivity index (χ2v) is 6.32. The Balaban J connectivity index is 1.57. The fourth-order valence-electron chi connectivity index (χ4n) is 2.89. The Morgan fingerprint density at radius 1 is 1.00 bits per heavy atom. The summed E-state index contributed by atoms with van der Waals surface area (Å²) in [5, 5.41) is 3.33. The lowest BCUT2D eigenvalue weighted by Crippen LogP contribution is -2.37. The number of anilines is 3. The summed E-state index contributed by atoms with van der Waals surface area (Å²) in [6.07, 6.45) is 3.23. The maximum absolute atomic E-state index is 5.40. The first-order valence-electron chi connectivity index (χ1n) is 8.17. The number of nitrogens with zero attached hydrogens (tertiary/aromatic N) is 7. The maximum atomic E-state index is 5.40. The summed E-state index contributed by atoms with van der Waals surface area (Å²) in [7, 11) is 0. The van der Waals surface area contributed by atoms with Gasteiger partial charge in [0.1, 0.15) is 28.4 Å². The molecule has 1 N–H and O–H groups in total. The van der Waals surface area contributed by atoms with Crippen molar-refractivity contribution in [2.24, 2.45) is 0 Å². The highest BCUT2D eigenvalue weighted by atomic mass is 32.1. The quantitative estimate of drug-likeness (QED) is 0.583. The summed E-state index contributed by atoms with van der Waals surface area (Å²) >= 11 is 1.19. The molecule has 0 atom stereocenters. The van der Waals surface area contributed by atoms with Crippen molar-refractivity contribution in [2.45, 2.75) is 0 Å². The monoisotopic (exact) mass is 366 g/mol. The summed E-state index contributed by atoms with van der Waals surface area (Å²) in [4.78, 5) is 19.9. The number of rotatable bonds is 3. The van der Waals surface area contributed by atoms with Crippen LogP contribution >= 0.6 is 11.7 Å². The summed E-state index contributed by atoms with van der Waals surface area (Å²) in [6, 6.07) is 5.81. The van der Waals surface area contributed by atoms with Gasteiger partial charge in [-0.3, -0.25) is 0 Å². The molecule has 1 aliphatic heterocycles. The second kappa shape index (κ2) is 6.39. The highest BCUT2D eigenvalue weighted by Gasteiger charge is 2.16. The molecule has 0 unspecified atom stereocenters. The van der Waals surface area contributed by atoms with Crippen LogP contribution in [0.1, 0.15) is 0 Å². The van der Waals surface area contributed by atoms with E-state index >= 15 is 0 Å². The SMILES string of the molecule is c1cc(Nc2ncnc3cnc(N4CCOCC4)nc23)c2nsnc2c1. The summed E-state index contributed by atoms with van der Waals surface area (Å²) in [6.45, 7) is 2.89. The van der Waals surface area contributed by atoms with E-state index in [1.165, 1.54) is 18.1 Å². The van der Waals surface area contributed by atoms with E-state index in [1.54, 1.807) is 6.20 Å². The van der Waals surface area contributed by atoms with Gasteiger partial charge in [0, 0.05) is 13.1 Å². The van der Waals surface area contributed by atoms with Crippen molar-refractivity contribution < 1.29 is 4.74 Å². The Hall–Kier alpha value is -2.98. The molecule has 4 heterocycles. The van der Waals surface area contributed by atoms with E-state index in [2.05, 4.69) is 33.9 Å². The largest absolute Gasteiger partial charge is 0.378 e. The van der Waals surface area contributed by atoms with Crippen molar-refractivity contribution in [1.29, 1.82) is 0 Å². The number of hydrogen-bond acceptors (Lipinski definition) is 10. The summed E-state index contributed by atoms with van der Waals surface area (Å²) < 4.78 is 14.0. The first-order valence-corrected chi connectivity index (χ1v) is 8.90. The van der Waals surface area contributed by atoms with Crippen molar-refractivity contribution in [2.75, 3.05) is 36.5 Å². The van der Waals surface area contributed by atoms with Gasteiger partial charge in [0.2, 0.25) is 5.95 Å². The van der Waals surface area contributed by atoms with Crippen molar-refractivity contribution >= 4 is 51.2 Å².